The molecule has 2 saturated heterocycles. The van der Waals surface area contributed by atoms with Crippen molar-refractivity contribution in [3.63, 3.8) is 0 Å². The minimum Gasteiger partial charge on any atom is -0.368 e. The Morgan fingerprint density at radius 2 is 2.05 bits per heavy atom. The summed E-state index contributed by atoms with van der Waals surface area (Å²) in [6, 6.07) is 3.18. The number of fused-ring (bicyclic) bond motifs is 2. The lowest BCUT2D eigenvalue weighted by Gasteiger charge is -2.26. The number of hydrogen-bond acceptors (Lipinski definition) is 7. The Labute approximate surface area is 112 Å². The number of aromatic nitrogens is 2. The van der Waals surface area contributed by atoms with Crippen LogP contribution in [-0.2, 0) is 0 Å². The molecule has 3 rings (SSSR count). The average Bonchev–Trinajstić information content (AvgIpc) is 2.62. The number of hydrazine groups is 1. The van der Waals surface area contributed by atoms with Gasteiger partial charge in [0.2, 0.25) is 5.95 Å². The molecule has 104 valence electrons. The van der Waals surface area contributed by atoms with Crippen LogP contribution in [0.5, 0.6) is 0 Å². The number of nitrogens with two attached hydrogens (primary N) is 2. The van der Waals surface area contributed by atoms with Gasteiger partial charge in [0.15, 0.2) is 0 Å². The molecule has 0 amide bonds. The van der Waals surface area contributed by atoms with Crippen molar-refractivity contribution in [2.75, 3.05) is 36.2 Å². The van der Waals surface area contributed by atoms with Crippen molar-refractivity contribution in [1.82, 2.24) is 14.9 Å². The molecule has 0 saturated carbocycles. The van der Waals surface area contributed by atoms with E-state index in [9.17, 15) is 0 Å². The molecular weight excluding hydrogens is 242 g/mol. The van der Waals surface area contributed by atoms with Crippen LogP contribution in [0.2, 0.25) is 0 Å². The van der Waals surface area contributed by atoms with Crippen molar-refractivity contribution in [1.29, 1.82) is 0 Å². The summed E-state index contributed by atoms with van der Waals surface area (Å²) in [7, 11) is 2.23. The Morgan fingerprint density at radius 3 is 2.84 bits per heavy atom. The van der Waals surface area contributed by atoms with E-state index >= 15 is 0 Å². The summed E-state index contributed by atoms with van der Waals surface area (Å²) in [6.45, 7) is 2.00. The maximum Gasteiger partial charge on any atom is 0.223 e. The van der Waals surface area contributed by atoms with Crippen LogP contribution in [0.25, 0.3) is 0 Å². The summed E-state index contributed by atoms with van der Waals surface area (Å²) in [5, 5.41) is 0. The molecule has 7 heteroatoms. The highest BCUT2D eigenvalue weighted by Gasteiger charge is 2.35. The number of nitrogens with one attached hydrogen (secondary N) is 1. The fourth-order valence-corrected chi connectivity index (χ4v) is 3.21. The van der Waals surface area contributed by atoms with Crippen molar-refractivity contribution >= 4 is 17.6 Å². The average molecular weight is 263 g/mol. The summed E-state index contributed by atoms with van der Waals surface area (Å²) in [6.07, 6.45) is 3.75. The van der Waals surface area contributed by atoms with Crippen LogP contribution in [-0.4, -0.2) is 47.1 Å². The van der Waals surface area contributed by atoms with Gasteiger partial charge in [-0.2, -0.15) is 9.97 Å². The zero-order valence-corrected chi connectivity index (χ0v) is 11.2. The highest BCUT2D eigenvalue weighted by atomic mass is 15.3. The molecule has 5 N–H and O–H groups in total. The normalized spacial score (nSPS) is 27.4. The molecular formula is C12H21N7. The Kier molecular flexibility index (Phi) is 3.16. The lowest BCUT2D eigenvalue weighted by Crippen LogP contribution is -2.37. The topological polar surface area (TPSA) is 96.3 Å². The molecule has 3 heterocycles. The number of hydrogen-bond donors (Lipinski definition) is 3. The maximum atomic E-state index is 5.73. The van der Waals surface area contributed by atoms with Gasteiger partial charge in [-0.3, -0.25) is 4.90 Å². The molecule has 0 radical (unpaired) electrons. The third-order valence-electron chi connectivity index (χ3n) is 4.35. The summed E-state index contributed by atoms with van der Waals surface area (Å²) < 4.78 is 0. The predicted molar refractivity (Wildman–Crippen MR) is 75.7 cm³/mol. The highest BCUT2D eigenvalue weighted by molar-refractivity contribution is 5.52. The van der Waals surface area contributed by atoms with Crippen LogP contribution in [0.1, 0.15) is 19.3 Å². The molecule has 0 aromatic carbocycles. The van der Waals surface area contributed by atoms with Gasteiger partial charge in [0.1, 0.15) is 11.6 Å². The standard InChI is InChI=1S/C12H21N7/c1-18-8-2-3-9(18)7-19(5-4-8)11-6-10(17-14)15-12(13)16-11/h6,8-9H,2-5,7,14H2,1H3,(H3,13,15,16,17). The van der Waals surface area contributed by atoms with E-state index < -0.39 is 0 Å². The van der Waals surface area contributed by atoms with E-state index in [0.29, 0.717) is 17.9 Å². The SMILES string of the molecule is CN1C2CCC1CN(c1cc(NN)nc(N)n1)CC2. The molecule has 2 aliphatic heterocycles. The zero-order chi connectivity index (χ0) is 13.4. The number of anilines is 3. The largest absolute Gasteiger partial charge is 0.368 e. The van der Waals surface area contributed by atoms with Crippen LogP contribution >= 0.6 is 0 Å². The van der Waals surface area contributed by atoms with Crippen LogP contribution < -0.4 is 21.9 Å². The van der Waals surface area contributed by atoms with Crippen molar-refractivity contribution < 1.29 is 0 Å². The van der Waals surface area contributed by atoms with E-state index in [1.54, 1.807) is 0 Å². The molecule has 19 heavy (non-hydrogen) atoms. The fourth-order valence-electron chi connectivity index (χ4n) is 3.21. The first kappa shape index (κ1) is 12.4. The van der Waals surface area contributed by atoms with Gasteiger partial charge in [-0.1, -0.05) is 0 Å². The molecule has 7 nitrogen and oxygen atoms in total. The molecule has 1 aromatic heterocycles. The first-order chi connectivity index (χ1) is 9.17. The summed E-state index contributed by atoms with van der Waals surface area (Å²) in [5.74, 6) is 7.09. The quantitative estimate of drug-likeness (QED) is 0.511. The predicted octanol–water partition coefficient (Wildman–Crippen LogP) is 0.0173. The Hall–Kier alpha value is -1.60. The van der Waals surface area contributed by atoms with Gasteiger partial charge < -0.3 is 16.1 Å². The molecule has 0 spiro atoms. The monoisotopic (exact) mass is 263 g/mol. The molecule has 0 aliphatic carbocycles. The van der Waals surface area contributed by atoms with Gasteiger partial charge >= 0.3 is 0 Å². The van der Waals surface area contributed by atoms with Crippen LogP contribution in [0.4, 0.5) is 17.6 Å². The van der Waals surface area contributed by atoms with Gasteiger partial charge in [0, 0.05) is 31.2 Å². The van der Waals surface area contributed by atoms with Crippen LogP contribution in [0, 0.1) is 0 Å². The van der Waals surface area contributed by atoms with Gasteiger partial charge in [-0.15, -0.1) is 0 Å². The van der Waals surface area contributed by atoms with E-state index in [0.717, 1.165) is 18.9 Å². The second kappa shape index (κ2) is 4.82. The third-order valence-corrected chi connectivity index (χ3v) is 4.35. The summed E-state index contributed by atoms with van der Waals surface area (Å²) in [5.41, 5.74) is 8.27. The van der Waals surface area contributed by atoms with E-state index in [-0.39, 0.29) is 5.95 Å². The second-order valence-electron chi connectivity index (χ2n) is 5.40. The van der Waals surface area contributed by atoms with Crippen LogP contribution in [0.3, 0.4) is 0 Å². The van der Waals surface area contributed by atoms with Crippen LogP contribution in [0.15, 0.2) is 6.07 Å². The number of likely N-dealkylation sites (N-methyl/N-ethyl adjacent to an activating group) is 1. The number of nitrogen functional groups attached to an aromatic ring is 2. The van der Waals surface area contributed by atoms with Crippen molar-refractivity contribution in [3.8, 4) is 0 Å². The number of nitrogens with zero attached hydrogens (tertiary/aromatic N) is 4. The second-order valence-corrected chi connectivity index (χ2v) is 5.40. The van der Waals surface area contributed by atoms with E-state index in [4.69, 9.17) is 11.6 Å². The fraction of sp³-hybridized carbons (Fsp3) is 0.667. The van der Waals surface area contributed by atoms with Gasteiger partial charge in [-0.25, -0.2) is 5.84 Å². The van der Waals surface area contributed by atoms with E-state index in [1.165, 1.54) is 19.3 Å². The molecule has 2 fully saturated rings. The minimum atomic E-state index is 0.258. The molecule has 2 aliphatic rings. The first-order valence-electron chi connectivity index (χ1n) is 6.75. The van der Waals surface area contributed by atoms with Crippen molar-refractivity contribution in [2.24, 2.45) is 5.84 Å². The third kappa shape index (κ3) is 2.31. The Morgan fingerprint density at radius 1 is 1.26 bits per heavy atom. The first-order valence-corrected chi connectivity index (χ1v) is 6.75. The van der Waals surface area contributed by atoms with E-state index in [2.05, 4.69) is 32.2 Å². The van der Waals surface area contributed by atoms with Crippen molar-refractivity contribution in [3.05, 3.63) is 6.07 Å². The Balaban J connectivity index is 1.84. The number of rotatable bonds is 2. The zero-order valence-electron chi connectivity index (χ0n) is 11.2. The summed E-state index contributed by atoms with van der Waals surface area (Å²) in [4.78, 5) is 13.2. The Bertz CT molecular complexity index is 463. The van der Waals surface area contributed by atoms with Gasteiger partial charge in [-0.05, 0) is 26.3 Å². The van der Waals surface area contributed by atoms with Gasteiger partial charge in [0.05, 0.1) is 0 Å². The lowest BCUT2D eigenvalue weighted by atomic mass is 10.1. The van der Waals surface area contributed by atoms with Crippen molar-refractivity contribution in [2.45, 2.75) is 31.3 Å². The maximum absolute atomic E-state index is 5.73. The highest BCUT2D eigenvalue weighted by Crippen LogP contribution is 2.30. The smallest absolute Gasteiger partial charge is 0.223 e. The minimum absolute atomic E-state index is 0.258. The molecule has 2 unspecified atom stereocenters. The summed E-state index contributed by atoms with van der Waals surface area (Å²) >= 11 is 0. The molecule has 2 bridgehead atoms. The molecule has 2 atom stereocenters. The van der Waals surface area contributed by atoms with Gasteiger partial charge in [0.25, 0.3) is 0 Å². The lowest BCUT2D eigenvalue weighted by molar-refractivity contribution is 0.254. The molecule has 1 aromatic rings. The van der Waals surface area contributed by atoms with E-state index in [1.807, 2.05) is 6.07 Å².